The van der Waals surface area contributed by atoms with Gasteiger partial charge >= 0.3 is 0 Å². The number of hydrogen-bond acceptors (Lipinski definition) is 6. The van der Waals surface area contributed by atoms with E-state index < -0.39 is 40.9 Å². The van der Waals surface area contributed by atoms with E-state index in [1.165, 1.54) is 7.11 Å². The topological polar surface area (TPSA) is 143 Å². The second kappa shape index (κ2) is 13.8. The molecule has 2 aromatic rings. The van der Waals surface area contributed by atoms with Gasteiger partial charge in [-0.05, 0) is 36.1 Å². The molecular weight excluding hydrogens is 518 g/mol. The predicted molar refractivity (Wildman–Crippen MR) is 152 cm³/mol. The summed E-state index contributed by atoms with van der Waals surface area (Å²) in [6, 6.07) is 18.4. The van der Waals surface area contributed by atoms with E-state index in [2.05, 4.69) is 10.0 Å². The monoisotopic (exact) mass is 554 g/mol. The van der Waals surface area contributed by atoms with Gasteiger partial charge in [0.2, 0.25) is 5.78 Å². The van der Waals surface area contributed by atoms with Crippen molar-refractivity contribution in [1.82, 2.24) is 10.0 Å². The van der Waals surface area contributed by atoms with Crippen LogP contribution in [0.3, 0.4) is 0 Å². The lowest BCUT2D eigenvalue weighted by Crippen LogP contribution is -2.36. The molecule has 0 bridgehead atoms. The van der Waals surface area contributed by atoms with Crippen molar-refractivity contribution < 1.29 is 27.9 Å². The van der Waals surface area contributed by atoms with Crippen LogP contribution in [0, 0.1) is 11.8 Å². The van der Waals surface area contributed by atoms with Crippen LogP contribution in [0.1, 0.15) is 25.8 Å². The third kappa shape index (κ3) is 7.60. The molecule has 0 radical (unpaired) electrons. The Hall–Kier alpha value is -3.86. The number of primary amides is 1. The number of nitrogens with two attached hydrogens (primary N) is 1. The maximum absolute atomic E-state index is 13.2. The van der Waals surface area contributed by atoms with Gasteiger partial charge in [0.25, 0.3) is 11.8 Å². The minimum absolute atomic E-state index is 0.214. The Kier molecular flexibility index (Phi) is 10.5. The molecule has 9 nitrogen and oxygen atoms in total. The number of rotatable bonds is 13. The van der Waals surface area contributed by atoms with Crippen molar-refractivity contribution in [1.29, 1.82) is 0 Å². The Morgan fingerprint density at radius 2 is 1.69 bits per heavy atom. The summed E-state index contributed by atoms with van der Waals surface area (Å²) >= 11 is 0. The molecule has 0 saturated heterocycles. The van der Waals surface area contributed by atoms with E-state index in [0.717, 1.165) is 5.56 Å². The molecule has 3 rings (SSSR count). The number of nitrogens with one attached hydrogen (secondary N) is 2. The van der Waals surface area contributed by atoms with E-state index in [1.807, 2.05) is 56.3 Å². The van der Waals surface area contributed by atoms with Gasteiger partial charge in [-0.25, -0.2) is 8.91 Å². The lowest BCUT2D eigenvalue weighted by atomic mass is 9.79. The predicted octanol–water partition coefficient (Wildman–Crippen LogP) is 3.31. The maximum atomic E-state index is 13.2. The van der Waals surface area contributed by atoms with E-state index in [4.69, 9.17) is 19.2 Å². The molecule has 1 aliphatic carbocycles. The molecule has 0 saturated carbocycles. The molecule has 0 fully saturated rings. The lowest BCUT2D eigenvalue weighted by Gasteiger charge is -2.33. The first-order valence-corrected chi connectivity index (χ1v) is 14.1. The number of ether oxygens (including phenoxy) is 1. The highest BCUT2D eigenvalue weighted by molar-refractivity contribution is 8.23. The van der Waals surface area contributed by atoms with Crippen molar-refractivity contribution in [3.05, 3.63) is 101 Å². The van der Waals surface area contributed by atoms with E-state index in [1.54, 1.807) is 36.4 Å². The van der Waals surface area contributed by atoms with Gasteiger partial charge in [-0.3, -0.25) is 14.4 Å². The van der Waals surface area contributed by atoms with Gasteiger partial charge in [0.05, 0.1) is 13.0 Å². The average molecular weight is 555 g/mol. The van der Waals surface area contributed by atoms with Gasteiger partial charge in [0, 0.05) is 28.6 Å². The molecule has 0 spiro atoms. The number of carbonyl (C=O) groups excluding carboxylic acids is 3. The number of allylic oxidation sites excluding steroid dienone is 5. The molecule has 3 unspecified atom stereocenters. The van der Waals surface area contributed by atoms with Gasteiger partial charge in [-0.1, -0.05) is 74.5 Å². The Morgan fingerprint density at radius 3 is 2.28 bits per heavy atom. The van der Waals surface area contributed by atoms with Crippen LogP contribution in [0.15, 0.2) is 101 Å². The Labute approximate surface area is 230 Å². The van der Waals surface area contributed by atoms with E-state index >= 15 is 0 Å². The van der Waals surface area contributed by atoms with Crippen molar-refractivity contribution in [3.63, 3.8) is 0 Å². The zero-order chi connectivity index (χ0) is 28.4. The first-order valence-electron chi connectivity index (χ1n) is 12.6. The second-order valence-electron chi connectivity index (χ2n) is 8.92. The molecule has 0 aliphatic heterocycles. The number of carbonyl (C=O) groups is 3. The highest BCUT2D eigenvalue weighted by atomic mass is 32.3. The van der Waals surface area contributed by atoms with Gasteiger partial charge in [0.15, 0.2) is 6.61 Å². The van der Waals surface area contributed by atoms with Crippen LogP contribution in [0.5, 0.6) is 0 Å². The summed E-state index contributed by atoms with van der Waals surface area (Å²) in [7, 11) is -1.46. The minimum atomic E-state index is -2.82. The Morgan fingerprint density at radius 1 is 1.05 bits per heavy atom. The Bertz CT molecular complexity index is 1260. The van der Waals surface area contributed by atoms with E-state index in [-0.39, 0.29) is 11.5 Å². The highest BCUT2D eigenvalue weighted by Gasteiger charge is 2.36. The largest absolute Gasteiger partial charge is 0.487 e. The summed E-state index contributed by atoms with van der Waals surface area (Å²) in [5.41, 5.74) is 7.27. The summed E-state index contributed by atoms with van der Waals surface area (Å²) in [5, 5.41) is 3.31. The zero-order valence-corrected chi connectivity index (χ0v) is 23.1. The highest BCUT2D eigenvalue weighted by Crippen LogP contribution is 2.48. The molecule has 3 atom stereocenters. The summed E-state index contributed by atoms with van der Waals surface area (Å²) in [6.07, 6.45) is 5.79. The third-order valence-electron chi connectivity index (χ3n) is 6.27. The van der Waals surface area contributed by atoms with Crippen LogP contribution in [0.4, 0.5) is 0 Å². The van der Waals surface area contributed by atoms with Crippen LogP contribution in [0.2, 0.25) is 0 Å². The molecule has 10 heteroatoms. The summed E-state index contributed by atoms with van der Waals surface area (Å²) < 4.78 is 22.5. The molecule has 1 aliphatic rings. The third-order valence-corrected chi connectivity index (χ3v) is 8.22. The van der Waals surface area contributed by atoms with Crippen LogP contribution in [-0.4, -0.2) is 35.9 Å². The smallest absolute Gasteiger partial charge is 0.289 e. The molecule has 6 N–H and O–H groups in total. The molecular formula is C29H36N3O6S+. The van der Waals surface area contributed by atoms with Crippen LogP contribution in [-0.2, 0) is 29.8 Å². The number of Topliss-reactive ketones (excluding diaryl/α,β-unsaturated/α-hetero) is 1. The van der Waals surface area contributed by atoms with Crippen molar-refractivity contribution in [3.8, 4) is 0 Å². The summed E-state index contributed by atoms with van der Waals surface area (Å²) in [4.78, 5) is 38.7. The SMILES string of the molecule is CC/C(NCc1ccccc1)=C(\C(=O)C(N)=O)C1C(OCC(=O)NS([OH2+])(OC)c2ccccc2)=CC=CC1C. The second-order valence-corrected chi connectivity index (χ2v) is 11.0. The quantitative estimate of drug-likeness (QED) is 0.197. The van der Waals surface area contributed by atoms with Crippen molar-refractivity contribution in [2.75, 3.05) is 13.7 Å². The lowest BCUT2D eigenvalue weighted by molar-refractivity contribution is -0.134. The molecule has 2 aromatic carbocycles. The average Bonchev–Trinajstić information content (AvgIpc) is 2.95. The molecule has 39 heavy (non-hydrogen) atoms. The van der Waals surface area contributed by atoms with Gasteiger partial charge < -0.3 is 20.3 Å². The fourth-order valence-electron chi connectivity index (χ4n) is 4.30. The number of benzene rings is 2. The Balaban J connectivity index is 1.85. The van der Waals surface area contributed by atoms with Crippen molar-refractivity contribution >= 4 is 28.4 Å². The van der Waals surface area contributed by atoms with Crippen molar-refractivity contribution in [2.24, 2.45) is 17.6 Å². The molecule has 2 amide bonds. The van der Waals surface area contributed by atoms with E-state index in [0.29, 0.717) is 29.3 Å². The van der Waals surface area contributed by atoms with Gasteiger partial charge in [0.1, 0.15) is 10.7 Å². The van der Waals surface area contributed by atoms with E-state index in [9.17, 15) is 14.4 Å². The molecule has 0 heterocycles. The fraction of sp³-hybridized carbons (Fsp3) is 0.276. The number of amides is 2. The normalized spacial score (nSPS) is 19.5. The maximum Gasteiger partial charge on any atom is 0.289 e. The number of ketones is 1. The van der Waals surface area contributed by atoms with Crippen LogP contribution >= 0.6 is 10.8 Å². The van der Waals surface area contributed by atoms with Gasteiger partial charge in [-0.2, -0.15) is 0 Å². The number of hydrogen-bond donors (Lipinski definition) is 3. The molecule has 0 aromatic heterocycles. The summed E-state index contributed by atoms with van der Waals surface area (Å²) in [6.45, 7) is 3.82. The molecule has 208 valence electrons. The van der Waals surface area contributed by atoms with Crippen molar-refractivity contribution in [2.45, 2.75) is 31.7 Å². The fourth-order valence-corrected chi connectivity index (χ4v) is 5.62. The van der Waals surface area contributed by atoms with Gasteiger partial charge in [-0.15, -0.1) is 0 Å². The first kappa shape index (κ1) is 29.7. The summed E-state index contributed by atoms with van der Waals surface area (Å²) in [5.74, 6) is -2.96. The zero-order valence-electron chi connectivity index (χ0n) is 22.3. The van der Waals surface area contributed by atoms with Crippen LogP contribution < -0.4 is 15.8 Å². The standard InChI is InChI=1S/C29H35N3O6S/c1-4-23(31-18-21-13-7-5-8-14-21)27(28(34)29(30)35)26-20(2)12-11-17-24(26)38-19-25(33)32-39(36,37-3)22-15-9-6-10-16-22/h5-17,20,26,31,36H,4,18-19H2,1-3H3,(H2,30,35)(H,32,33)/p+1/b27-23+. The van der Waals surface area contributed by atoms with Crippen LogP contribution in [0.25, 0.3) is 0 Å². The minimum Gasteiger partial charge on any atom is -0.487 e. The first-order chi connectivity index (χ1) is 18.7.